The first-order valence-electron chi connectivity index (χ1n) is 7.66. The molecule has 1 aliphatic heterocycles. The summed E-state index contributed by atoms with van der Waals surface area (Å²) >= 11 is 1.77. The Morgan fingerprint density at radius 3 is 2.32 bits per heavy atom. The van der Waals surface area contributed by atoms with E-state index in [4.69, 9.17) is 0 Å². The minimum absolute atomic E-state index is 0.245. The first-order chi connectivity index (χ1) is 10.6. The zero-order valence-electron chi connectivity index (χ0n) is 13.0. The SMILES string of the molecule is CC1CN(c2ccccc2)C(=O)C1(C)CSc1ccccc1. The molecule has 1 saturated heterocycles. The van der Waals surface area contributed by atoms with E-state index in [2.05, 4.69) is 26.0 Å². The van der Waals surface area contributed by atoms with Crippen molar-refractivity contribution >= 4 is 23.4 Å². The third-order valence-corrected chi connectivity index (χ3v) is 5.98. The van der Waals surface area contributed by atoms with E-state index in [9.17, 15) is 4.79 Å². The average Bonchev–Trinajstić information content (AvgIpc) is 2.79. The fraction of sp³-hybridized carbons (Fsp3) is 0.316. The van der Waals surface area contributed by atoms with Crippen LogP contribution >= 0.6 is 11.8 Å². The van der Waals surface area contributed by atoms with Gasteiger partial charge < -0.3 is 4.90 Å². The Morgan fingerprint density at radius 1 is 1.09 bits per heavy atom. The number of anilines is 1. The quantitative estimate of drug-likeness (QED) is 0.777. The van der Waals surface area contributed by atoms with Gasteiger partial charge in [-0.05, 0) is 37.1 Å². The van der Waals surface area contributed by atoms with Crippen LogP contribution in [-0.2, 0) is 4.79 Å². The third-order valence-electron chi connectivity index (χ3n) is 4.63. The van der Waals surface area contributed by atoms with Crippen LogP contribution in [-0.4, -0.2) is 18.2 Å². The molecule has 0 bridgehead atoms. The predicted molar refractivity (Wildman–Crippen MR) is 93.2 cm³/mol. The number of carbonyl (C=O) groups excluding carboxylic acids is 1. The van der Waals surface area contributed by atoms with Crippen LogP contribution in [0.2, 0.25) is 0 Å². The molecule has 2 aromatic rings. The van der Waals surface area contributed by atoms with Gasteiger partial charge in [0.05, 0.1) is 5.41 Å². The smallest absolute Gasteiger partial charge is 0.234 e. The van der Waals surface area contributed by atoms with Crippen molar-refractivity contribution in [2.75, 3.05) is 17.2 Å². The van der Waals surface area contributed by atoms with Crippen LogP contribution in [0.15, 0.2) is 65.6 Å². The van der Waals surface area contributed by atoms with Gasteiger partial charge in [-0.25, -0.2) is 0 Å². The highest BCUT2D eigenvalue weighted by molar-refractivity contribution is 7.99. The summed E-state index contributed by atoms with van der Waals surface area (Å²) in [7, 11) is 0. The van der Waals surface area contributed by atoms with E-state index in [-0.39, 0.29) is 11.3 Å². The average molecular weight is 311 g/mol. The fourth-order valence-electron chi connectivity index (χ4n) is 2.86. The normalized spacial score (nSPS) is 24.7. The molecule has 22 heavy (non-hydrogen) atoms. The molecule has 1 aliphatic rings. The topological polar surface area (TPSA) is 20.3 Å². The van der Waals surface area contributed by atoms with Gasteiger partial charge in [0.2, 0.25) is 5.91 Å². The summed E-state index contributed by atoms with van der Waals surface area (Å²) in [6, 6.07) is 20.3. The van der Waals surface area contributed by atoms with Gasteiger partial charge in [0.1, 0.15) is 0 Å². The lowest BCUT2D eigenvalue weighted by Gasteiger charge is -2.26. The highest BCUT2D eigenvalue weighted by atomic mass is 32.2. The molecule has 3 rings (SSSR count). The van der Waals surface area contributed by atoms with E-state index >= 15 is 0 Å². The van der Waals surface area contributed by atoms with Crippen molar-refractivity contribution < 1.29 is 4.79 Å². The molecular weight excluding hydrogens is 290 g/mol. The number of rotatable bonds is 4. The van der Waals surface area contributed by atoms with E-state index in [1.54, 1.807) is 11.8 Å². The molecule has 2 atom stereocenters. The van der Waals surface area contributed by atoms with Crippen LogP contribution in [0.3, 0.4) is 0 Å². The summed E-state index contributed by atoms with van der Waals surface area (Å²) in [5.41, 5.74) is 0.698. The number of thioether (sulfide) groups is 1. The molecule has 0 N–H and O–H groups in total. The molecule has 0 saturated carbocycles. The number of amides is 1. The second kappa shape index (κ2) is 6.17. The minimum Gasteiger partial charge on any atom is -0.312 e. The van der Waals surface area contributed by atoms with E-state index in [1.165, 1.54) is 4.90 Å². The highest BCUT2D eigenvalue weighted by Gasteiger charge is 2.48. The van der Waals surface area contributed by atoms with E-state index in [0.717, 1.165) is 18.0 Å². The summed E-state index contributed by atoms with van der Waals surface area (Å²) in [4.78, 5) is 16.1. The van der Waals surface area contributed by atoms with Crippen molar-refractivity contribution in [2.45, 2.75) is 18.7 Å². The van der Waals surface area contributed by atoms with E-state index in [0.29, 0.717) is 5.92 Å². The minimum atomic E-state index is -0.309. The first kappa shape index (κ1) is 15.2. The second-order valence-corrected chi connectivity index (χ2v) is 7.22. The summed E-state index contributed by atoms with van der Waals surface area (Å²) in [5.74, 6) is 1.41. The van der Waals surface area contributed by atoms with Gasteiger partial charge in [-0.15, -0.1) is 11.8 Å². The predicted octanol–water partition coefficient (Wildman–Crippen LogP) is 4.47. The van der Waals surface area contributed by atoms with Gasteiger partial charge in [0.25, 0.3) is 0 Å². The summed E-state index contributed by atoms with van der Waals surface area (Å²) < 4.78 is 0. The van der Waals surface area contributed by atoms with Gasteiger partial charge in [-0.1, -0.05) is 43.3 Å². The van der Waals surface area contributed by atoms with Crippen molar-refractivity contribution in [1.82, 2.24) is 0 Å². The zero-order chi connectivity index (χ0) is 15.6. The van der Waals surface area contributed by atoms with Gasteiger partial charge in [-0.3, -0.25) is 4.79 Å². The maximum absolute atomic E-state index is 13.0. The highest BCUT2D eigenvalue weighted by Crippen LogP contribution is 2.42. The number of para-hydroxylation sites is 1. The Balaban J connectivity index is 1.77. The summed E-state index contributed by atoms with van der Waals surface area (Å²) in [6.07, 6.45) is 0. The largest absolute Gasteiger partial charge is 0.312 e. The maximum atomic E-state index is 13.0. The van der Waals surface area contributed by atoms with Crippen LogP contribution in [0.5, 0.6) is 0 Å². The Kier molecular flexibility index (Phi) is 4.25. The first-order valence-corrected chi connectivity index (χ1v) is 8.65. The van der Waals surface area contributed by atoms with Crippen molar-refractivity contribution in [2.24, 2.45) is 11.3 Å². The molecular formula is C19H21NOS. The van der Waals surface area contributed by atoms with Gasteiger partial charge in [0, 0.05) is 22.9 Å². The Bertz CT molecular complexity index is 643. The Morgan fingerprint density at radius 2 is 1.68 bits per heavy atom. The van der Waals surface area contributed by atoms with Gasteiger partial charge in [-0.2, -0.15) is 0 Å². The molecule has 0 aliphatic carbocycles. The standard InChI is InChI=1S/C19H21NOS/c1-15-13-20(16-9-5-3-6-10-16)18(21)19(15,2)14-22-17-11-7-4-8-12-17/h3-12,15H,13-14H2,1-2H3. The molecule has 3 heteroatoms. The molecule has 0 radical (unpaired) electrons. The molecule has 1 heterocycles. The van der Waals surface area contributed by atoms with Crippen molar-refractivity contribution in [3.05, 3.63) is 60.7 Å². The number of nitrogens with zero attached hydrogens (tertiary/aromatic N) is 1. The molecule has 114 valence electrons. The Labute approximate surface area is 136 Å². The summed E-state index contributed by atoms with van der Waals surface area (Å²) in [5, 5.41) is 0. The lowest BCUT2D eigenvalue weighted by molar-refractivity contribution is -0.124. The molecule has 2 unspecified atom stereocenters. The van der Waals surface area contributed by atoms with Crippen molar-refractivity contribution in [3.8, 4) is 0 Å². The lowest BCUT2D eigenvalue weighted by Crippen LogP contribution is -2.35. The molecule has 0 spiro atoms. The number of hydrogen-bond acceptors (Lipinski definition) is 2. The monoisotopic (exact) mass is 311 g/mol. The summed E-state index contributed by atoms with van der Waals surface area (Å²) in [6.45, 7) is 5.10. The molecule has 1 amide bonds. The number of benzene rings is 2. The molecule has 2 aromatic carbocycles. The lowest BCUT2D eigenvalue weighted by atomic mass is 9.82. The third kappa shape index (κ3) is 2.78. The van der Waals surface area contributed by atoms with Crippen LogP contribution in [0.1, 0.15) is 13.8 Å². The van der Waals surface area contributed by atoms with Crippen LogP contribution < -0.4 is 4.90 Å². The van der Waals surface area contributed by atoms with Gasteiger partial charge in [0.15, 0.2) is 0 Å². The molecule has 0 aromatic heterocycles. The van der Waals surface area contributed by atoms with E-state index < -0.39 is 0 Å². The van der Waals surface area contributed by atoms with Gasteiger partial charge >= 0.3 is 0 Å². The fourth-order valence-corrected chi connectivity index (χ4v) is 4.09. The number of hydrogen-bond donors (Lipinski definition) is 0. The molecule has 2 nitrogen and oxygen atoms in total. The maximum Gasteiger partial charge on any atom is 0.234 e. The second-order valence-electron chi connectivity index (χ2n) is 6.17. The van der Waals surface area contributed by atoms with E-state index in [1.807, 2.05) is 53.4 Å². The molecule has 1 fully saturated rings. The Hall–Kier alpha value is -1.74. The van der Waals surface area contributed by atoms with Crippen molar-refractivity contribution in [3.63, 3.8) is 0 Å². The van der Waals surface area contributed by atoms with Crippen molar-refractivity contribution in [1.29, 1.82) is 0 Å². The van der Waals surface area contributed by atoms with Crippen LogP contribution in [0.4, 0.5) is 5.69 Å². The zero-order valence-corrected chi connectivity index (χ0v) is 13.8. The number of carbonyl (C=O) groups is 1. The van der Waals surface area contributed by atoms with Crippen LogP contribution in [0.25, 0.3) is 0 Å². The van der Waals surface area contributed by atoms with Crippen LogP contribution in [0, 0.1) is 11.3 Å².